The molecule has 0 aliphatic heterocycles. The Bertz CT molecular complexity index is 112. The molecular weight excluding hydrogens is 216 g/mol. The molecule has 1 nitrogen and oxygen atoms in total. The average molecular weight is 235 g/mol. The third-order valence-electron chi connectivity index (χ3n) is 1.94. The van der Waals surface area contributed by atoms with Crippen molar-refractivity contribution in [1.82, 2.24) is 0 Å². The van der Waals surface area contributed by atoms with Crippen LogP contribution in [0.25, 0.3) is 0 Å². The summed E-state index contributed by atoms with van der Waals surface area (Å²) < 4.78 is 5.49. The first kappa shape index (κ1) is 12.2. The number of rotatable bonds is 7. The second-order valence-corrected chi connectivity index (χ2v) is 3.96. The molecule has 12 heavy (non-hydrogen) atoms. The highest BCUT2D eigenvalue weighted by Crippen LogP contribution is 2.13. The van der Waals surface area contributed by atoms with Crippen molar-refractivity contribution in [1.29, 1.82) is 0 Å². The van der Waals surface area contributed by atoms with Crippen LogP contribution in [0.4, 0.5) is 0 Å². The Morgan fingerprint density at radius 2 is 2.17 bits per heavy atom. The van der Waals surface area contributed by atoms with E-state index in [9.17, 15) is 0 Å². The molecule has 1 atom stereocenters. The summed E-state index contributed by atoms with van der Waals surface area (Å²) in [6.45, 7) is 9.76. The zero-order chi connectivity index (χ0) is 9.40. The second-order valence-electron chi connectivity index (χ2n) is 3.31. The van der Waals surface area contributed by atoms with Gasteiger partial charge in [0.2, 0.25) is 0 Å². The van der Waals surface area contributed by atoms with E-state index in [1.54, 1.807) is 0 Å². The first-order valence-corrected chi connectivity index (χ1v) is 5.59. The molecule has 0 aliphatic carbocycles. The van der Waals surface area contributed by atoms with Crippen LogP contribution in [0.2, 0.25) is 0 Å². The number of ether oxygens (including phenoxy) is 1. The van der Waals surface area contributed by atoms with Crippen molar-refractivity contribution >= 4 is 15.9 Å². The molecule has 0 bridgehead atoms. The molecule has 0 saturated heterocycles. The summed E-state index contributed by atoms with van der Waals surface area (Å²) in [5, 5.41) is 1.03. The van der Waals surface area contributed by atoms with Crippen molar-refractivity contribution in [2.75, 3.05) is 18.5 Å². The second kappa shape index (κ2) is 7.81. The molecule has 0 amide bonds. The molecule has 0 aromatic rings. The van der Waals surface area contributed by atoms with Crippen molar-refractivity contribution < 1.29 is 4.74 Å². The molecule has 0 heterocycles. The molecule has 0 rings (SSSR count). The maximum atomic E-state index is 5.49. The van der Waals surface area contributed by atoms with Crippen molar-refractivity contribution in [3.8, 4) is 0 Å². The van der Waals surface area contributed by atoms with Gasteiger partial charge in [0.1, 0.15) is 0 Å². The predicted octanol–water partition coefficient (Wildman–Crippen LogP) is 3.25. The molecule has 72 valence electrons. The van der Waals surface area contributed by atoms with Crippen LogP contribution in [-0.2, 0) is 4.74 Å². The minimum atomic E-state index is 0.634. The van der Waals surface area contributed by atoms with Crippen LogP contribution in [0.5, 0.6) is 0 Å². The van der Waals surface area contributed by atoms with E-state index in [1.165, 1.54) is 0 Å². The molecule has 1 unspecified atom stereocenters. The monoisotopic (exact) mass is 234 g/mol. The lowest BCUT2D eigenvalue weighted by Gasteiger charge is -2.17. The zero-order valence-corrected chi connectivity index (χ0v) is 9.64. The van der Waals surface area contributed by atoms with Crippen LogP contribution >= 0.6 is 15.9 Å². The maximum Gasteiger partial charge on any atom is 0.0504 e. The molecular formula is C10H19BrO. The summed E-state index contributed by atoms with van der Waals surface area (Å²) in [6, 6.07) is 0. The quantitative estimate of drug-likeness (QED) is 0.374. The van der Waals surface area contributed by atoms with Gasteiger partial charge >= 0.3 is 0 Å². The summed E-state index contributed by atoms with van der Waals surface area (Å²) in [4.78, 5) is 0. The van der Waals surface area contributed by atoms with Gasteiger partial charge in [0.05, 0.1) is 13.2 Å². The molecule has 0 saturated carbocycles. The average Bonchev–Trinajstić information content (AvgIpc) is 2.04. The van der Waals surface area contributed by atoms with Gasteiger partial charge < -0.3 is 4.74 Å². The van der Waals surface area contributed by atoms with Crippen molar-refractivity contribution in [3.05, 3.63) is 12.7 Å². The fourth-order valence-corrected chi connectivity index (χ4v) is 1.75. The van der Waals surface area contributed by atoms with Gasteiger partial charge in [0.15, 0.2) is 0 Å². The Morgan fingerprint density at radius 3 is 2.58 bits per heavy atom. The fourth-order valence-electron chi connectivity index (χ4n) is 0.817. The van der Waals surface area contributed by atoms with E-state index in [0.717, 1.165) is 25.0 Å². The minimum Gasteiger partial charge on any atom is -0.381 e. The van der Waals surface area contributed by atoms with Crippen LogP contribution in [0, 0.1) is 11.8 Å². The lowest BCUT2D eigenvalue weighted by Crippen LogP contribution is -2.17. The van der Waals surface area contributed by atoms with E-state index in [0.29, 0.717) is 11.8 Å². The van der Waals surface area contributed by atoms with Crippen LogP contribution in [0.1, 0.15) is 20.3 Å². The minimum absolute atomic E-state index is 0.634. The van der Waals surface area contributed by atoms with E-state index in [4.69, 9.17) is 4.74 Å². The Labute approximate surface area is 84.3 Å². The van der Waals surface area contributed by atoms with Gasteiger partial charge in [-0.15, -0.1) is 6.58 Å². The highest BCUT2D eigenvalue weighted by atomic mass is 79.9. The highest BCUT2D eigenvalue weighted by Gasteiger charge is 2.11. The number of hydrogen-bond acceptors (Lipinski definition) is 1. The number of alkyl halides is 1. The maximum absolute atomic E-state index is 5.49. The zero-order valence-electron chi connectivity index (χ0n) is 8.05. The Balaban J connectivity index is 3.38. The summed E-state index contributed by atoms with van der Waals surface area (Å²) in [7, 11) is 0. The Kier molecular flexibility index (Phi) is 7.93. The molecule has 0 aliphatic rings. The SMILES string of the molecule is C=CCCOCC(CBr)C(C)C. The predicted molar refractivity (Wildman–Crippen MR) is 57.8 cm³/mol. The standard InChI is InChI=1S/C10H19BrO/c1-4-5-6-12-8-10(7-11)9(2)3/h4,9-10H,1,5-8H2,2-3H3. The summed E-state index contributed by atoms with van der Waals surface area (Å²) in [5.41, 5.74) is 0. The van der Waals surface area contributed by atoms with Crippen LogP contribution < -0.4 is 0 Å². The summed E-state index contributed by atoms with van der Waals surface area (Å²) in [6.07, 6.45) is 2.84. The topological polar surface area (TPSA) is 9.23 Å². The lowest BCUT2D eigenvalue weighted by atomic mass is 9.99. The van der Waals surface area contributed by atoms with Crippen LogP contribution in [-0.4, -0.2) is 18.5 Å². The third kappa shape index (κ3) is 5.78. The van der Waals surface area contributed by atoms with E-state index >= 15 is 0 Å². The number of halogens is 1. The van der Waals surface area contributed by atoms with E-state index < -0.39 is 0 Å². The summed E-state index contributed by atoms with van der Waals surface area (Å²) in [5.74, 6) is 1.32. The van der Waals surface area contributed by atoms with Gasteiger partial charge in [-0.05, 0) is 18.3 Å². The van der Waals surface area contributed by atoms with E-state index in [1.807, 2.05) is 6.08 Å². The molecule has 0 aromatic carbocycles. The lowest BCUT2D eigenvalue weighted by molar-refractivity contribution is 0.0954. The smallest absolute Gasteiger partial charge is 0.0504 e. The van der Waals surface area contributed by atoms with E-state index in [2.05, 4.69) is 36.4 Å². The largest absolute Gasteiger partial charge is 0.381 e. The molecule has 0 N–H and O–H groups in total. The Morgan fingerprint density at radius 1 is 1.50 bits per heavy atom. The van der Waals surface area contributed by atoms with Gasteiger partial charge in [-0.3, -0.25) is 0 Å². The fraction of sp³-hybridized carbons (Fsp3) is 0.800. The molecule has 0 aromatic heterocycles. The van der Waals surface area contributed by atoms with Crippen molar-refractivity contribution in [2.24, 2.45) is 11.8 Å². The number of hydrogen-bond donors (Lipinski definition) is 0. The normalized spacial score (nSPS) is 13.3. The highest BCUT2D eigenvalue weighted by molar-refractivity contribution is 9.09. The first-order chi connectivity index (χ1) is 5.72. The summed E-state index contributed by atoms with van der Waals surface area (Å²) >= 11 is 3.49. The van der Waals surface area contributed by atoms with Gasteiger partial charge in [0.25, 0.3) is 0 Å². The molecule has 0 radical (unpaired) electrons. The van der Waals surface area contributed by atoms with Gasteiger partial charge in [0, 0.05) is 5.33 Å². The molecule has 2 heteroatoms. The van der Waals surface area contributed by atoms with Crippen LogP contribution in [0.3, 0.4) is 0 Å². The van der Waals surface area contributed by atoms with Gasteiger partial charge in [-0.1, -0.05) is 35.9 Å². The molecule has 0 fully saturated rings. The van der Waals surface area contributed by atoms with Crippen molar-refractivity contribution in [3.63, 3.8) is 0 Å². The van der Waals surface area contributed by atoms with Gasteiger partial charge in [-0.2, -0.15) is 0 Å². The Hall–Kier alpha value is 0.180. The van der Waals surface area contributed by atoms with Crippen molar-refractivity contribution in [2.45, 2.75) is 20.3 Å². The van der Waals surface area contributed by atoms with Crippen LogP contribution in [0.15, 0.2) is 12.7 Å². The third-order valence-corrected chi connectivity index (χ3v) is 2.77. The first-order valence-electron chi connectivity index (χ1n) is 4.47. The molecule has 0 spiro atoms. The van der Waals surface area contributed by atoms with Gasteiger partial charge in [-0.25, -0.2) is 0 Å². The van der Waals surface area contributed by atoms with E-state index in [-0.39, 0.29) is 0 Å².